The summed E-state index contributed by atoms with van der Waals surface area (Å²) in [6.45, 7) is 3.96. The van der Waals surface area contributed by atoms with Gasteiger partial charge < -0.3 is 5.32 Å². The van der Waals surface area contributed by atoms with Crippen LogP contribution < -0.4 is 5.32 Å². The Morgan fingerprint density at radius 1 is 1.43 bits per heavy atom. The van der Waals surface area contributed by atoms with Crippen molar-refractivity contribution >= 4 is 23.2 Å². The van der Waals surface area contributed by atoms with Crippen LogP contribution in [-0.2, 0) is 4.79 Å². The molecule has 0 heterocycles. The summed E-state index contributed by atoms with van der Waals surface area (Å²) in [7, 11) is 0. The van der Waals surface area contributed by atoms with Crippen molar-refractivity contribution in [2.45, 2.75) is 20.3 Å². The van der Waals surface area contributed by atoms with Gasteiger partial charge in [0.2, 0.25) is 5.91 Å². The number of hydrogen-bond donors (Lipinski definition) is 1. The van der Waals surface area contributed by atoms with Gasteiger partial charge in [-0.15, -0.1) is 11.6 Å². The van der Waals surface area contributed by atoms with Crippen molar-refractivity contribution in [1.82, 2.24) is 0 Å². The van der Waals surface area contributed by atoms with E-state index in [4.69, 9.17) is 11.6 Å². The van der Waals surface area contributed by atoms with Crippen LogP contribution in [0.5, 0.6) is 0 Å². The molecule has 2 nitrogen and oxygen atoms in total. The molecule has 0 fully saturated rings. The molecule has 0 radical (unpaired) electrons. The summed E-state index contributed by atoms with van der Waals surface area (Å²) in [4.78, 5) is 11.3. The van der Waals surface area contributed by atoms with E-state index in [-0.39, 0.29) is 5.91 Å². The molecule has 0 saturated heterocycles. The topological polar surface area (TPSA) is 29.1 Å². The summed E-state index contributed by atoms with van der Waals surface area (Å²) in [5.41, 5.74) is 3.08. The Labute approximate surface area is 89.3 Å². The molecular formula is C11H14ClNO. The minimum absolute atomic E-state index is 0.0336. The van der Waals surface area contributed by atoms with Gasteiger partial charge in [0.25, 0.3) is 0 Å². The van der Waals surface area contributed by atoms with Crippen LogP contribution in [0.3, 0.4) is 0 Å². The van der Waals surface area contributed by atoms with E-state index in [1.54, 1.807) is 0 Å². The van der Waals surface area contributed by atoms with Crippen LogP contribution in [0, 0.1) is 13.8 Å². The molecule has 0 saturated carbocycles. The summed E-state index contributed by atoms with van der Waals surface area (Å²) in [5.74, 6) is 0.324. The van der Waals surface area contributed by atoms with Gasteiger partial charge in [-0.05, 0) is 31.0 Å². The van der Waals surface area contributed by atoms with Gasteiger partial charge in [0.15, 0.2) is 0 Å². The Kier molecular flexibility index (Phi) is 3.96. The monoisotopic (exact) mass is 211 g/mol. The van der Waals surface area contributed by atoms with E-state index in [9.17, 15) is 4.79 Å². The highest BCUT2D eigenvalue weighted by Gasteiger charge is 2.03. The molecule has 0 aliphatic carbocycles. The zero-order valence-corrected chi connectivity index (χ0v) is 9.19. The average molecular weight is 212 g/mol. The first kappa shape index (κ1) is 11.1. The second-order valence-electron chi connectivity index (χ2n) is 3.31. The van der Waals surface area contributed by atoms with E-state index < -0.39 is 0 Å². The molecule has 1 aromatic carbocycles. The number of halogens is 1. The molecule has 14 heavy (non-hydrogen) atoms. The maximum absolute atomic E-state index is 11.3. The molecule has 0 aliphatic heterocycles. The molecule has 0 aromatic heterocycles. The Bertz CT molecular complexity index is 336. The molecule has 0 aliphatic rings. The number of aryl methyl sites for hydroxylation is 2. The highest BCUT2D eigenvalue weighted by Crippen LogP contribution is 2.16. The fourth-order valence-electron chi connectivity index (χ4n) is 1.17. The Balaban J connectivity index is 2.75. The number of rotatable bonds is 3. The Morgan fingerprint density at radius 3 is 2.79 bits per heavy atom. The van der Waals surface area contributed by atoms with Gasteiger partial charge in [-0.3, -0.25) is 4.79 Å². The molecular weight excluding hydrogens is 198 g/mol. The molecule has 0 spiro atoms. The van der Waals surface area contributed by atoms with Gasteiger partial charge in [0.05, 0.1) is 0 Å². The molecule has 1 rings (SSSR count). The second kappa shape index (κ2) is 5.01. The first-order valence-corrected chi connectivity index (χ1v) is 5.10. The number of carbonyl (C=O) groups excluding carboxylic acids is 1. The van der Waals surface area contributed by atoms with Crippen LogP contribution in [0.2, 0.25) is 0 Å². The third-order valence-electron chi connectivity index (χ3n) is 1.99. The maximum Gasteiger partial charge on any atom is 0.225 e. The molecule has 0 unspecified atom stereocenters. The second-order valence-corrected chi connectivity index (χ2v) is 3.68. The first-order valence-electron chi connectivity index (χ1n) is 4.56. The van der Waals surface area contributed by atoms with Crippen LogP contribution in [0.1, 0.15) is 17.5 Å². The summed E-state index contributed by atoms with van der Waals surface area (Å²) >= 11 is 5.47. The van der Waals surface area contributed by atoms with E-state index in [2.05, 4.69) is 5.32 Å². The summed E-state index contributed by atoms with van der Waals surface area (Å²) in [5, 5.41) is 2.83. The molecule has 1 N–H and O–H groups in total. The van der Waals surface area contributed by atoms with E-state index in [1.165, 1.54) is 0 Å². The number of amides is 1. The van der Waals surface area contributed by atoms with Gasteiger partial charge >= 0.3 is 0 Å². The van der Waals surface area contributed by atoms with Crippen LogP contribution in [0.4, 0.5) is 5.69 Å². The van der Waals surface area contributed by atoms with Gasteiger partial charge in [-0.1, -0.05) is 12.1 Å². The summed E-state index contributed by atoms with van der Waals surface area (Å²) < 4.78 is 0. The number of anilines is 1. The lowest BCUT2D eigenvalue weighted by molar-refractivity contribution is -0.115. The molecule has 0 atom stereocenters. The fourth-order valence-corrected chi connectivity index (χ4v) is 1.34. The van der Waals surface area contributed by atoms with E-state index in [1.807, 2.05) is 32.0 Å². The quantitative estimate of drug-likeness (QED) is 0.766. The number of nitrogens with one attached hydrogen (secondary N) is 1. The smallest absolute Gasteiger partial charge is 0.225 e. The summed E-state index contributed by atoms with van der Waals surface area (Å²) in [6, 6.07) is 5.97. The number of hydrogen-bond acceptors (Lipinski definition) is 1. The highest BCUT2D eigenvalue weighted by atomic mass is 35.5. The first-order chi connectivity index (χ1) is 6.63. The fraction of sp³-hybridized carbons (Fsp3) is 0.364. The van der Waals surface area contributed by atoms with Gasteiger partial charge in [-0.25, -0.2) is 0 Å². The lowest BCUT2D eigenvalue weighted by Crippen LogP contribution is -2.12. The van der Waals surface area contributed by atoms with Crippen molar-refractivity contribution < 1.29 is 4.79 Å². The lowest BCUT2D eigenvalue weighted by atomic mass is 10.1. The van der Waals surface area contributed by atoms with Crippen LogP contribution in [0.15, 0.2) is 18.2 Å². The summed E-state index contributed by atoms with van der Waals surface area (Å²) in [6.07, 6.45) is 0.356. The molecule has 76 valence electrons. The number of alkyl halides is 1. The zero-order chi connectivity index (χ0) is 10.6. The highest BCUT2D eigenvalue weighted by molar-refractivity contribution is 6.19. The van der Waals surface area contributed by atoms with Crippen molar-refractivity contribution in [3.63, 3.8) is 0 Å². The molecule has 1 amide bonds. The number of carbonyl (C=O) groups is 1. The van der Waals surface area contributed by atoms with Crippen LogP contribution in [-0.4, -0.2) is 11.8 Å². The predicted octanol–water partition coefficient (Wildman–Crippen LogP) is 2.87. The Morgan fingerprint density at radius 2 is 2.14 bits per heavy atom. The zero-order valence-electron chi connectivity index (χ0n) is 8.43. The molecule has 1 aromatic rings. The van der Waals surface area contributed by atoms with Gasteiger partial charge in [0.1, 0.15) is 0 Å². The van der Waals surface area contributed by atoms with Crippen molar-refractivity contribution in [3.8, 4) is 0 Å². The van der Waals surface area contributed by atoms with E-state index >= 15 is 0 Å². The van der Waals surface area contributed by atoms with Crippen molar-refractivity contribution in [2.75, 3.05) is 11.2 Å². The van der Waals surface area contributed by atoms with Crippen molar-refractivity contribution in [3.05, 3.63) is 29.3 Å². The third-order valence-corrected chi connectivity index (χ3v) is 2.18. The minimum Gasteiger partial charge on any atom is -0.326 e. The van der Waals surface area contributed by atoms with Crippen molar-refractivity contribution in [2.24, 2.45) is 0 Å². The molecule has 3 heteroatoms. The average Bonchev–Trinajstić information content (AvgIpc) is 2.12. The maximum atomic E-state index is 11.3. The normalized spacial score (nSPS) is 9.93. The van der Waals surface area contributed by atoms with Crippen LogP contribution >= 0.6 is 11.6 Å². The Hall–Kier alpha value is -1.02. The number of benzene rings is 1. The van der Waals surface area contributed by atoms with E-state index in [0.29, 0.717) is 12.3 Å². The van der Waals surface area contributed by atoms with Crippen molar-refractivity contribution in [1.29, 1.82) is 0 Å². The molecule has 0 bridgehead atoms. The van der Waals surface area contributed by atoms with Gasteiger partial charge in [-0.2, -0.15) is 0 Å². The standard InChI is InChI=1S/C11H14ClNO/c1-8-3-4-9(2)10(7-8)13-11(14)5-6-12/h3-4,7H,5-6H2,1-2H3,(H,13,14). The van der Waals surface area contributed by atoms with Gasteiger partial charge in [0, 0.05) is 18.0 Å². The third kappa shape index (κ3) is 3.04. The SMILES string of the molecule is Cc1ccc(C)c(NC(=O)CCCl)c1. The minimum atomic E-state index is -0.0336. The largest absolute Gasteiger partial charge is 0.326 e. The predicted molar refractivity (Wildman–Crippen MR) is 59.9 cm³/mol. The van der Waals surface area contributed by atoms with Crippen LogP contribution in [0.25, 0.3) is 0 Å². The lowest BCUT2D eigenvalue weighted by Gasteiger charge is -2.08. The van der Waals surface area contributed by atoms with E-state index in [0.717, 1.165) is 16.8 Å².